The molecule has 2 rings (SSSR count). The highest BCUT2D eigenvalue weighted by molar-refractivity contribution is 7.94. The van der Waals surface area contributed by atoms with Crippen molar-refractivity contribution in [2.75, 3.05) is 0 Å². The van der Waals surface area contributed by atoms with Crippen LogP contribution in [0.3, 0.4) is 0 Å². The lowest BCUT2D eigenvalue weighted by Crippen LogP contribution is -2.57. The standard InChI is InChI=1S/C13H17NO5S/c1-6(15)9-5-8-11(20(9)18)10(14-7(2)16)12(17)13(3,4)19-8/h5,10,12,17H,1-4H3,(H,14,16)/t10-,12+,20?/m1/s1. The van der Waals surface area contributed by atoms with Gasteiger partial charge in [-0.1, -0.05) is 0 Å². The van der Waals surface area contributed by atoms with Crippen molar-refractivity contribution in [3.05, 3.63) is 21.6 Å². The zero-order chi connectivity index (χ0) is 15.2. The first-order valence-corrected chi connectivity index (χ1v) is 7.33. The smallest absolute Gasteiger partial charge is 0.217 e. The zero-order valence-corrected chi connectivity index (χ0v) is 12.5. The second-order valence-corrected chi connectivity index (χ2v) is 6.81. The number of aliphatic hydroxyl groups excluding tert-OH is 1. The lowest BCUT2D eigenvalue weighted by atomic mass is 9.91. The Kier molecular flexibility index (Phi) is 3.60. The minimum atomic E-state index is -1.72. The van der Waals surface area contributed by atoms with E-state index in [1.54, 1.807) is 13.8 Å². The van der Waals surface area contributed by atoms with Crippen molar-refractivity contribution < 1.29 is 23.6 Å². The van der Waals surface area contributed by atoms with E-state index >= 15 is 0 Å². The molecule has 2 aliphatic rings. The third-order valence-electron chi connectivity index (χ3n) is 3.29. The van der Waals surface area contributed by atoms with Gasteiger partial charge in [-0.2, -0.15) is 0 Å². The van der Waals surface area contributed by atoms with E-state index in [4.69, 9.17) is 4.74 Å². The van der Waals surface area contributed by atoms with Gasteiger partial charge in [0, 0.05) is 13.0 Å². The molecule has 3 atom stereocenters. The van der Waals surface area contributed by atoms with E-state index in [1.165, 1.54) is 19.9 Å². The summed E-state index contributed by atoms with van der Waals surface area (Å²) in [7, 11) is -1.72. The molecule has 2 N–H and O–H groups in total. The largest absolute Gasteiger partial charge is 0.484 e. The van der Waals surface area contributed by atoms with E-state index in [2.05, 4.69) is 5.32 Å². The van der Waals surface area contributed by atoms with Gasteiger partial charge in [0.1, 0.15) is 17.5 Å². The highest BCUT2D eigenvalue weighted by Gasteiger charge is 2.49. The molecule has 6 nitrogen and oxygen atoms in total. The summed E-state index contributed by atoms with van der Waals surface area (Å²) >= 11 is 0. The Labute approximate surface area is 119 Å². The lowest BCUT2D eigenvalue weighted by molar-refractivity contribution is -0.124. The highest BCUT2D eigenvalue weighted by atomic mass is 32.2. The fourth-order valence-electron chi connectivity index (χ4n) is 2.29. The predicted octanol–water partition coefficient (Wildman–Crippen LogP) is 0.108. The van der Waals surface area contributed by atoms with Crippen LogP contribution in [-0.4, -0.2) is 38.8 Å². The molecule has 0 aliphatic carbocycles. The maximum absolute atomic E-state index is 12.4. The molecule has 20 heavy (non-hydrogen) atoms. The van der Waals surface area contributed by atoms with Gasteiger partial charge in [0.2, 0.25) is 5.91 Å². The molecular weight excluding hydrogens is 282 g/mol. The van der Waals surface area contributed by atoms with Gasteiger partial charge in [0.05, 0.1) is 26.7 Å². The van der Waals surface area contributed by atoms with Crippen LogP contribution in [0.5, 0.6) is 0 Å². The summed E-state index contributed by atoms with van der Waals surface area (Å²) in [5.41, 5.74) is -0.959. The molecule has 0 radical (unpaired) electrons. The fourth-order valence-corrected chi connectivity index (χ4v) is 3.70. The first-order chi connectivity index (χ1) is 9.15. The van der Waals surface area contributed by atoms with Gasteiger partial charge in [0.25, 0.3) is 0 Å². The van der Waals surface area contributed by atoms with Gasteiger partial charge in [-0.3, -0.25) is 9.59 Å². The van der Waals surface area contributed by atoms with Gasteiger partial charge in [-0.15, -0.1) is 0 Å². The zero-order valence-electron chi connectivity index (χ0n) is 11.7. The molecular formula is C13H17NO5S. The SMILES string of the molecule is CC(=O)N[C@@H]1C2=C(C=C(C(C)=O)S2=O)OC(C)(C)[C@H]1O. The molecule has 1 amide bonds. The van der Waals surface area contributed by atoms with Crippen LogP contribution in [0.1, 0.15) is 27.7 Å². The molecule has 0 aromatic heterocycles. The molecule has 7 heteroatoms. The number of aliphatic hydroxyl groups is 1. The summed E-state index contributed by atoms with van der Waals surface area (Å²) in [4.78, 5) is 23.2. The van der Waals surface area contributed by atoms with Crippen molar-refractivity contribution in [1.29, 1.82) is 0 Å². The molecule has 2 aliphatic heterocycles. The van der Waals surface area contributed by atoms with Crippen molar-refractivity contribution in [2.24, 2.45) is 0 Å². The third-order valence-corrected chi connectivity index (χ3v) is 4.95. The highest BCUT2D eigenvalue weighted by Crippen LogP contribution is 2.40. The summed E-state index contributed by atoms with van der Waals surface area (Å²) in [6.45, 7) is 5.96. The van der Waals surface area contributed by atoms with Gasteiger partial charge in [-0.05, 0) is 20.8 Å². The molecule has 0 spiro atoms. The quantitative estimate of drug-likeness (QED) is 0.755. The van der Waals surface area contributed by atoms with Gasteiger partial charge < -0.3 is 15.2 Å². The third kappa shape index (κ3) is 2.31. The Morgan fingerprint density at radius 2 is 2.00 bits per heavy atom. The first kappa shape index (κ1) is 14.9. The van der Waals surface area contributed by atoms with E-state index in [0.717, 1.165) is 0 Å². The normalized spacial score (nSPS) is 31.2. The monoisotopic (exact) mass is 299 g/mol. The Bertz CT molecular complexity index is 575. The molecule has 0 bridgehead atoms. The van der Waals surface area contributed by atoms with E-state index in [0.29, 0.717) is 5.76 Å². The summed E-state index contributed by atoms with van der Waals surface area (Å²) in [5, 5.41) is 12.9. The fraction of sp³-hybridized carbons (Fsp3) is 0.538. The minimum absolute atomic E-state index is 0.121. The second kappa shape index (κ2) is 4.82. The van der Waals surface area contributed by atoms with Crippen LogP contribution >= 0.6 is 0 Å². The average Bonchev–Trinajstić information content (AvgIpc) is 2.61. The topological polar surface area (TPSA) is 92.7 Å². The molecule has 1 unspecified atom stereocenters. The number of carbonyl (C=O) groups is 2. The summed E-state index contributed by atoms with van der Waals surface area (Å²) < 4.78 is 18.0. The molecule has 2 heterocycles. The number of ketones is 1. The van der Waals surface area contributed by atoms with Crippen LogP contribution < -0.4 is 5.32 Å². The van der Waals surface area contributed by atoms with Crippen molar-refractivity contribution in [3.8, 4) is 0 Å². The number of Topliss-reactive ketones (excluding diaryl/α,β-unsaturated/α-hetero) is 1. The van der Waals surface area contributed by atoms with Gasteiger partial charge >= 0.3 is 0 Å². The van der Waals surface area contributed by atoms with Gasteiger partial charge in [-0.25, -0.2) is 4.21 Å². The van der Waals surface area contributed by atoms with Crippen LogP contribution in [0.25, 0.3) is 0 Å². The number of allylic oxidation sites excluding steroid dienone is 2. The summed E-state index contributed by atoms with van der Waals surface area (Å²) in [5.74, 6) is -0.385. The van der Waals surface area contributed by atoms with Crippen molar-refractivity contribution >= 4 is 22.5 Å². The Balaban J connectivity index is 2.48. The van der Waals surface area contributed by atoms with Crippen molar-refractivity contribution in [1.82, 2.24) is 5.32 Å². The number of ether oxygens (including phenoxy) is 1. The number of amides is 1. The van der Waals surface area contributed by atoms with Crippen molar-refractivity contribution in [3.63, 3.8) is 0 Å². The lowest BCUT2D eigenvalue weighted by Gasteiger charge is -2.41. The Morgan fingerprint density at radius 3 is 2.50 bits per heavy atom. The van der Waals surface area contributed by atoms with Crippen LogP contribution in [0.2, 0.25) is 0 Å². The number of nitrogens with one attached hydrogen (secondary N) is 1. The second-order valence-electron chi connectivity index (χ2n) is 5.39. The number of carbonyl (C=O) groups excluding carboxylic acids is 2. The molecule has 0 aromatic rings. The summed E-state index contributed by atoms with van der Waals surface area (Å²) in [6, 6.07) is -0.833. The molecule has 110 valence electrons. The molecule has 0 aromatic carbocycles. The predicted molar refractivity (Wildman–Crippen MR) is 72.7 cm³/mol. The Hall–Kier alpha value is -1.47. The summed E-state index contributed by atoms with van der Waals surface area (Å²) in [6.07, 6.45) is 0.366. The Morgan fingerprint density at radius 1 is 1.40 bits per heavy atom. The van der Waals surface area contributed by atoms with E-state index in [9.17, 15) is 18.9 Å². The van der Waals surface area contributed by atoms with Gasteiger partial charge in [0.15, 0.2) is 5.78 Å². The maximum atomic E-state index is 12.4. The van der Waals surface area contributed by atoms with E-state index in [-0.39, 0.29) is 21.5 Å². The average molecular weight is 299 g/mol. The van der Waals surface area contributed by atoms with E-state index < -0.39 is 28.5 Å². The maximum Gasteiger partial charge on any atom is 0.217 e. The number of hydrogen-bond acceptors (Lipinski definition) is 5. The minimum Gasteiger partial charge on any atom is -0.484 e. The molecule has 0 fully saturated rings. The van der Waals surface area contributed by atoms with Crippen LogP contribution in [0, 0.1) is 0 Å². The number of rotatable bonds is 2. The van der Waals surface area contributed by atoms with Crippen molar-refractivity contribution in [2.45, 2.75) is 45.4 Å². The van der Waals surface area contributed by atoms with E-state index in [1.807, 2.05) is 0 Å². The molecule has 0 saturated heterocycles. The van der Waals surface area contributed by atoms with Crippen LogP contribution in [-0.2, 0) is 25.1 Å². The first-order valence-electron chi connectivity index (χ1n) is 6.18. The van der Waals surface area contributed by atoms with Crippen LogP contribution in [0.4, 0.5) is 0 Å². The number of hydrogen-bond donors (Lipinski definition) is 2. The van der Waals surface area contributed by atoms with Crippen LogP contribution in [0.15, 0.2) is 21.6 Å². The molecule has 0 saturated carbocycles.